The molecule has 2 aliphatic carbocycles. The summed E-state index contributed by atoms with van der Waals surface area (Å²) in [5.41, 5.74) is 1.10. The van der Waals surface area contributed by atoms with Crippen LogP contribution < -0.4 is 4.74 Å². The smallest absolute Gasteiger partial charge is 0.400 e. The van der Waals surface area contributed by atoms with Gasteiger partial charge in [-0.2, -0.15) is 17.6 Å². The molecule has 0 amide bonds. The van der Waals surface area contributed by atoms with Crippen LogP contribution in [0.5, 0.6) is 5.75 Å². The fraction of sp³-hybridized carbons (Fsp3) is 0.714. The van der Waals surface area contributed by atoms with Gasteiger partial charge in [0.05, 0.1) is 30.7 Å². The molecule has 4 rings (SSSR count). The van der Waals surface area contributed by atoms with Crippen molar-refractivity contribution in [2.24, 2.45) is 17.8 Å². The van der Waals surface area contributed by atoms with Gasteiger partial charge in [0.25, 0.3) is 0 Å². The molecule has 9 heteroatoms. The van der Waals surface area contributed by atoms with Gasteiger partial charge in [-0.15, -0.1) is 0 Å². The second-order valence-corrected chi connectivity index (χ2v) is 10.7. The third-order valence-electron chi connectivity index (χ3n) is 8.02. The summed E-state index contributed by atoms with van der Waals surface area (Å²) in [5.74, 6) is -4.54. The van der Waals surface area contributed by atoms with E-state index in [2.05, 4.69) is 11.7 Å². The van der Waals surface area contributed by atoms with Crippen molar-refractivity contribution in [1.82, 2.24) is 0 Å². The third-order valence-corrected chi connectivity index (χ3v) is 8.02. The van der Waals surface area contributed by atoms with Gasteiger partial charge in [-0.3, -0.25) is 0 Å². The van der Waals surface area contributed by atoms with E-state index in [0.717, 1.165) is 43.9 Å². The van der Waals surface area contributed by atoms with Crippen molar-refractivity contribution in [3.8, 4) is 5.75 Å². The van der Waals surface area contributed by atoms with Crippen molar-refractivity contribution in [3.63, 3.8) is 0 Å². The molecule has 0 bridgehead atoms. The van der Waals surface area contributed by atoms with E-state index in [-0.39, 0.29) is 38.2 Å². The van der Waals surface area contributed by atoms with Crippen LogP contribution in [0.4, 0.5) is 26.3 Å². The van der Waals surface area contributed by atoms with E-state index in [4.69, 9.17) is 9.47 Å². The highest BCUT2D eigenvalue weighted by Gasteiger charge is 2.48. The summed E-state index contributed by atoms with van der Waals surface area (Å²) in [4.78, 5) is 0. The molecule has 0 radical (unpaired) electrons. The number of hydrogen-bond acceptors (Lipinski definition) is 3. The van der Waals surface area contributed by atoms with Crippen LogP contribution in [0, 0.1) is 29.4 Å². The zero-order valence-corrected chi connectivity index (χ0v) is 21.2. The Labute approximate surface area is 214 Å². The Morgan fingerprint density at radius 3 is 2.24 bits per heavy atom. The van der Waals surface area contributed by atoms with Crippen molar-refractivity contribution >= 4 is 0 Å². The highest BCUT2D eigenvalue weighted by Crippen LogP contribution is 2.44. The van der Waals surface area contributed by atoms with E-state index in [1.807, 2.05) is 6.08 Å². The van der Waals surface area contributed by atoms with E-state index in [9.17, 15) is 26.3 Å². The minimum absolute atomic E-state index is 0.0224. The van der Waals surface area contributed by atoms with Crippen LogP contribution in [0.1, 0.15) is 77.6 Å². The maximum atomic E-state index is 15.0. The molecule has 0 N–H and O–H groups in total. The first kappa shape index (κ1) is 28.3. The number of ether oxygens (including phenoxy) is 3. The van der Waals surface area contributed by atoms with E-state index < -0.39 is 47.5 Å². The van der Waals surface area contributed by atoms with Gasteiger partial charge in [0.2, 0.25) is 0 Å². The summed E-state index contributed by atoms with van der Waals surface area (Å²) in [6, 6.07) is 2.20. The summed E-state index contributed by atoms with van der Waals surface area (Å²) in [7, 11) is 0. The van der Waals surface area contributed by atoms with Crippen molar-refractivity contribution in [2.45, 2.75) is 102 Å². The van der Waals surface area contributed by atoms with Crippen LogP contribution in [-0.2, 0) is 9.47 Å². The van der Waals surface area contributed by atoms with E-state index >= 15 is 0 Å². The molecule has 1 aliphatic heterocycles. The summed E-state index contributed by atoms with van der Waals surface area (Å²) in [6.45, 7) is 2.89. The van der Waals surface area contributed by atoms with E-state index in [1.165, 1.54) is 0 Å². The average Bonchev–Trinajstić information content (AvgIpc) is 2.87. The standard InChI is InChI=1S/C28H36F6O3/c1-2-3-18-4-15-26(35-17-18)19-5-7-20(8-6-19)27(31,32)36-22-11-9-21(10-12-22)28(33,34)37-23-13-14-24(29)25(30)16-23/h5,13-14,16,18,20-22,26H,2-4,6-12,15,17H2,1H3. The highest BCUT2D eigenvalue weighted by molar-refractivity contribution is 5.24. The third kappa shape index (κ3) is 7.22. The molecule has 1 saturated heterocycles. The summed E-state index contributed by atoms with van der Waals surface area (Å²) in [6.07, 6.45) is -0.613. The number of hydrogen-bond donors (Lipinski definition) is 0. The van der Waals surface area contributed by atoms with Crippen molar-refractivity contribution < 1.29 is 40.6 Å². The van der Waals surface area contributed by atoms with Crippen molar-refractivity contribution in [2.75, 3.05) is 6.61 Å². The quantitative estimate of drug-likeness (QED) is 0.235. The minimum Gasteiger partial charge on any atom is -0.432 e. The van der Waals surface area contributed by atoms with E-state index in [1.54, 1.807) is 0 Å². The van der Waals surface area contributed by atoms with Gasteiger partial charge >= 0.3 is 12.2 Å². The summed E-state index contributed by atoms with van der Waals surface area (Å²) < 4.78 is 101. The molecule has 1 aromatic carbocycles. The first-order valence-corrected chi connectivity index (χ1v) is 13.5. The zero-order chi connectivity index (χ0) is 26.6. The van der Waals surface area contributed by atoms with Crippen LogP contribution in [0.2, 0.25) is 0 Å². The molecule has 3 atom stereocenters. The fourth-order valence-corrected chi connectivity index (χ4v) is 5.80. The number of allylic oxidation sites excluding steroid dienone is 1. The van der Waals surface area contributed by atoms with Gasteiger partial charge < -0.3 is 14.2 Å². The Morgan fingerprint density at radius 2 is 1.65 bits per heavy atom. The molecule has 2 fully saturated rings. The molecular formula is C28H36F6O3. The molecule has 3 nitrogen and oxygen atoms in total. The lowest BCUT2D eigenvalue weighted by atomic mass is 9.83. The SMILES string of the molecule is CCCC1CCC(C2=CCC(C(F)(F)OC3CCC(C(F)(F)Oc4ccc(F)c(F)c4)CC3)CC2)OC1. The maximum absolute atomic E-state index is 15.0. The predicted octanol–water partition coefficient (Wildman–Crippen LogP) is 8.43. The molecule has 3 unspecified atom stereocenters. The number of benzene rings is 1. The molecule has 1 heterocycles. The van der Waals surface area contributed by atoms with Crippen LogP contribution in [0.25, 0.3) is 0 Å². The first-order valence-electron chi connectivity index (χ1n) is 13.5. The number of alkyl halides is 4. The lowest BCUT2D eigenvalue weighted by Gasteiger charge is -2.37. The predicted molar refractivity (Wildman–Crippen MR) is 127 cm³/mol. The second-order valence-electron chi connectivity index (χ2n) is 10.7. The van der Waals surface area contributed by atoms with E-state index in [0.29, 0.717) is 30.9 Å². The average molecular weight is 535 g/mol. The van der Waals surface area contributed by atoms with Gasteiger partial charge in [-0.1, -0.05) is 19.4 Å². The highest BCUT2D eigenvalue weighted by atomic mass is 19.3. The van der Waals surface area contributed by atoms with Gasteiger partial charge in [0.15, 0.2) is 11.6 Å². The summed E-state index contributed by atoms with van der Waals surface area (Å²) >= 11 is 0. The zero-order valence-electron chi connectivity index (χ0n) is 21.2. The topological polar surface area (TPSA) is 27.7 Å². The Balaban J connectivity index is 1.24. The number of rotatable bonds is 9. The minimum atomic E-state index is -3.64. The monoisotopic (exact) mass is 534 g/mol. The van der Waals surface area contributed by atoms with Gasteiger partial charge in [0.1, 0.15) is 5.75 Å². The van der Waals surface area contributed by atoms with Crippen LogP contribution >= 0.6 is 0 Å². The molecule has 0 spiro atoms. The Kier molecular flexibility index (Phi) is 9.15. The normalized spacial score (nSPS) is 29.6. The van der Waals surface area contributed by atoms with Gasteiger partial charge in [0, 0.05) is 6.07 Å². The molecular weight excluding hydrogens is 498 g/mol. The molecule has 37 heavy (non-hydrogen) atoms. The van der Waals surface area contributed by atoms with Gasteiger partial charge in [-0.25, -0.2) is 8.78 Å². The second kappa shape index (κ2) is 12.0. The summed E-state index contributed by atoms with van der Waals surface area (Å²) in [5, 5.41) is 0. The van der Waals surface area contributed by atoms with Crippen LogP contribution in [-0.4, -0.2) is 31.0 Å². The Morgan fingerprint density at radius 1 is 0.892 bits per heavy atom. The lowest BCUT2D eigenvalue weighted by molar-refractivity contribution is -0.302. The largest absolute Gasteiger partial charge is 0.432 e. The maximum Gasteiger partial charge on any atom is 0.400 e. The molecule has 1 saturated carbocycles. The van der Waals surface area contributed by atoms with Crippen molar-refractivity contribution in [3.05, 3.63) is 41.5 Å². The molecule has 3 aliphatic rings. The fourth-order valence-electron chi connectivity index (χ4n) is 5.80. The Bertz CT molecular complexity index is 920. The lowest BCUT2D eigenvalue weighted by Crippen LogP contribution is -2.42. The van der Waals surface area contributed by atoms with Crippen LogP contribution in [0.3, 0.4) is 0 Å². The molecule has 1 aromatic rings. The van der Waals surface area contributed by atoms with Gasteiger partial charge in [-0.05, 0) is 87.8 Å². The number of halogens is 6. The molecule has 0 aromatic heterocycles. The first-order chi connectivity index (χ1) is 17.6. The molecule has 208 valence electrons. The van der Waals surface area contributed by atoms with Crippen molar-refractivity contribution in [1.29, 1.82) is 0 Å². The Hall–Kier alpha value is -1.74. The van der Waals surface area contributed by atoms with Crippen LogP contribution in [0.15, 0.2) is 29.8 Å².